The average molecular weight is 198 g/mol. The highest BCUT2D eigenvalue weighted by Crippen LogP contribution is 2.29. The summed E-state index contributed by atoms with van der Waals surface area (Å²) >= 11 is 0. The molecule has 13 heavy (non-hydrogen) atoms. The predicted octanol–water partition coefficient (Wildman–Crippen LogP) is 1.89. The maximum Gasteiger partial charge on any atom is 0.203 e. The van der Waals surface area contributed by atoms with Crippen molar-refractivity contribution in [2.75, 3.05) is 0 Å². The first-order valence-electron chi connectivity index (χ1n) is 3.74. The van der Waals surface area contributed by atoms with Gasteiger partial charge in [-0.15, -0.1) is 0 Å². The van der Waals surface area contributed by atoms with E-state index in [1.165, 1.54) is 12.1 Å². The summed E-state index contributed by atoms with van der Waals surface area (Å²) in [6, 6.07) is 2.88. The van der Waals surface area contributed by atoms with Crippen molar-refractivity contribution in [1.29, 1.82) is 0 Å². The third kappa shape index (κ3) is 1.18. The summed E-state index contributed by atoms with van der Waals surface area (Å²) in [4.78, 5) is -0.196. The molecule has 0 amide bonds. The summed E-state index contributed by atoms with van der Waals surface area (Å²) in [5, 5.41) is 1.03. The first-order valence-corrected chi connectivity index (χ1v) is 5.29. The van der Waals surface area contributed by atoms with E-state index >= 15 is 0 Å². The normalized spacial score (nSPS) is 17.4. The number of hydrogen-bond donors (Lipinski definition) is 0. The summed E-state index contributed by atoms with van der Waals surface area (Å²) in [7, 11) is -3.51. The van der Waals surface area contributed by atoms with Crippen LogP contribution >= 0.6 is 0 Å². The molecule has 0 atom stereocenters. The Morgan fingerprint density at radius 3 is 2.69 bits per heavy atom. The van der Waals surface area contributed by atoms with Gasteiger partial charge in [0.05, 0.1) is 0 Å². The van der Waals surface area contributed by atoms with Gasteiger partial charge in [-0.05, 0) is 30.2 Å². The minimum atomic E-state index is -3.51. The molecule has 1 heterocycles. The maximum absolute atomic E-state index is 13.2. The van der Waals surface area contributed by atoms with E-state index in [1.54, 1.807) is 13.0 Å². The maximum atomic E-state index is 13.2. The monoisotopic (exact) mass is 198 g/mol. The van der Waals surface area contributed by atoms with Gasteiger partial charge in [0.1, 0.15) is 10.7 Å². The molecule has 2 nitrogen and oxygen atoms in total. The van der Waals surface area contributed by atoms with Crippen LogP contribution in [0.4, 0.5) is 4.39 Å². The van der Waals surface area contributed by atoms with Crippen molar-refractivity contribution in [3.8, 4) is 0 Å². The van der Waals surface area contributed by atoms with E-state index in [0.29, 0.717) is 5.56 Å². The van der Waals surface area contributed by atoms with Gasteiger partial charge < -0.3 is 0 Å². The zero-order valence-electron chi connectivity index (χ0n) is 6.91. The van der Waals surface area contributed by atoms with E-state index in [2.05, 4.69) is 0 Å². The molecule has 0 saturated carbocycles. The minimum Gasteiger partial charge on any atom is -0.219 e. The lowest BCUT2D eigenvalue weighted by Gasteiger charge is -2.01. The first kappa shape index (κ1) is 8.44. The van der Waals surface area contributed by atoms with Crippen LogP contribution in [0, 0.1) is 12.7 Å². The molecule has 1 aromatic carbocycles. The Labute approximate surface area is 75.6 Å². The molecular weight excluding hydrogens is 191 g/mol. The molecule has 0 aromatic heterocycles. The van der Waals surface area contributed by atoms with Gasteiger partial charge in [0, 0.05) is 5.41 Å². The van der Waals surface area contributed by atoms with Gasteiger partial charge in [0.15, 0.2) is 0 Å². The summed E-state index contributed by atoms with van der Waals surface area (Å²) in [5.41, 5.74) is 1.16. The minimum absolute atomic E-state index is 0.196. The Hall–Kier alpha value is -1.16. The molecule has 0 saturated heterocycles. The summed E-state index contributed by atoms with van der Waals surface area (Å²) < 4.78 is 35.7. The van der Waals surface area contributed by atoms with Crippen LogP contribution in [0.3, 0.4) is 0 Å². The number of aryl methyl sites for hydroxylation is 1. The average Bonchev–Trinajstić information content (AvgIpc) is 2.26. The highest BCUT2D eigenvalue weighted by molar-refractivity contribution is 7.94. The molecule has 0 bridgehead atoms. The summed E-state index contributed by atoms with van der Waals surface area (Å²) in [6.07, 6.45) is 1.42. The zero-order chi connectivity index (χ0) is 9.64. The largest absolute Gasteiger partial charge is 0.219 e. The van der Waals surface area contributed by atoms with Crippen molar-refractivity contribution in [2.24, 2.45) is 0 Å². The lowest BCUT2D eigenvalue weighted by Crippen LogP contribution is -1.98. The molecule has 0 spiro atoms. The van der Waals surface area contributed by atoms with E-state index in [-0.39, 0.29) is 4.90 Å². The van der Waals surface area contributed by atoms with Crippen LogP contribution in [-0.2, 0) is 9.84 Å². The van der Waals surface area contributed by atoms with Gasteiger partial charge in [0.25, 0.3) is 0 Å². The van der Waals surface area contributed by atoms with Crippen molar-refractivity contribution in [2.45, 2.75) is 11.8 Å². The summed E-state index contributed by atoms with van der Waals surface area (Å²) in [5.74, 6) is -0.667. The lowest BCUT2D eigenvalue weighted by molar-refractivity contribution is 0.572. The number of rotatable bonds is 0. The Morgan fingerprint density at radius 2 is 2.00 bits per heavy atom. The standard InChI is InChI=1S/C9H7FO2S/c1-6-4-7-2-3-13(11,12)9(7)8(10)5-6/h2-5H,1H3. The molecule has 0 fully saturated rings. The van der Waals surface area contributed by atoms with Gasteiger partial charge in [-0.25, -0.2) is 12.8 Å². The van der Waals surface area contributed by atoms with Gasteiger partial charge in [-0.3, -0.25) is 0 Å². The molecular formula is C9H7FO2S. The molecule has 1 aliphatic rings. The fourth-order valence-corrected chi connectivity index (χ4v) is 2.66. The topological polar surface area (TPSA) is 34.1 Å². The molecule has 4 heteroatoms. The highest BCUT2D eigenvalue weighted by atomic mass is 32.2. The van der Waals surface area contributed by atoms with Crippen molar-refractivity contribution in [3.63, 3.8) is 0 Å². The highest BCUT2D eigenvalue weighted by Gasteiger charge is 2.24. The van der Waals surface area contributed by atoms with Crippen molar-refractivity contribution < 1.29 is 12.8 Å². The van der Waals surface area contributed by atoms with Crippen LogP contribution in [0.5, 0.6) is 0 Å². The smallest absolute Gasteiger partial charge is 0.203 e. The Balaban J connectivity index is 2.86. The van der Waals surface area contributed by atoms with Crippen molar-refractivity contribution >= 4 is 15.9 Å². The molecule has 0 radical (unpaired) electrons. The van der Waals surface area contributed by atoms with E-state index in [0.717, 1.165) is 11.0 Å². The van der Waals surface area contributed by atoms with E-state index in [1.807, 2.05) is 0 Å². The fourth-order valence-electron chi connectivity index (χ4n) is 1.41. The molecule has 0 N–H and O–H groups in total. The van der Waals surface area contributed by atoms with Gasteiger partial charge >= 0.3 is 0 Å². The molecule has 68 valence electrons. The summed E-state index contributed by atoms with van der Waals surface area (Å²) in [6.45, 7) is 1.72. The second kappa shape index (κ2) is 2.42. The Kier molecular flexibility index (Phi) is 1.57. The lowest BCUT2D eigenvalue weighted by atomic mass is 10.1. The number of sulfone groups is 1. The van der Waals surface area contributed by atoms with E-state index < -0.39 is 15.7 Å². The van der Waals surface area contributed by atoms with Gasteiger partial charge in [-0.2, -0.15) is 0 Å². The second-order valence-electron chi connectivity index (χ2n) is 3.01. The van der Waals surface area contributed by atoms with Crippen molar-refractivity contribution in [3.05, 3.63) is 34.5 Å². The first-order chi connectivity index (χ1) is 6.00. The zero-order valence-corrected chi connectivity index (χ0v) is 7.73. The Morgan fingerprint density at radius 1 is 1.31 bits per heavy atom. The van der Waals surface area contributed by atoms with Crippen LogP contribution in [0.1, 0.15) is 11.1 Å². The number of fused-ring (bicyclic) bond motifs is 1. The molecule has 1 aliphatic heterocycles. The van der Waals surface area contributed by atoms with Crippen LogP contribution in [0.25, 0.3) is 6.08 Å². The third-order valence-corrected chi connectivity index (χ3v) is 3.42. The predicted molar refractivity (Wildman–Crippen MR) is 47.4 cm³/mol. The fraction of sp³-hybridized carbons (Fsp3) is 0.111. The molecule has 0 aliphatic carbocycles. The Bertz CT molecular complexity index is 501. The molecule has 2 rings (SSSR count). The van der Waals surface area contributed by atoms with Crippen LogP contribution in [0.15, 0.2) is 22.4 Å². The molecule has 0 unspecified atom stereocenters. The SMILES string of the molecule is Cc1cc(F)c2c(c1)C=CS2(=O)=O. The van der Waals surface area contributed by atoms with Gasteiger partial charge in [0.2, 0.25) is 9.84 Å². The van der Waals surface area contributed by atoms with E-state index in [9.17, 15) is 12.8 Å². The van der Waals surface area contributed by atoms with Gasteiger partial charge in [-0.1, -0.05) is 6.07 Å². The van der Waals surface area contributed by atoms with Crippen LogP contribution in [-0.4, -0.2) is 8.42 Å². The van der Waals surface area contributed by atoms with Crippen molar-refractivity contribution in [1.82, 2.24) is 0 Å². The second-order valence-corrected chi connectivity index (χ2v) is 4.78. The van der Waals surface area contributed by atoms with Crippen LogP contribution in [0.2, 0.25) is 0 Å². The number of halogens is 1. The van der Waals surface area contributed by atoms with E-state index in [4.69, 9.17) is 0 Å². The number of hydrogen-bond acceptors (Lipinski definition) is 2. The third-order valence-electron chi connectivity index (χ3n) is 1.93. The quantitative estimate of drug-likeness (QED) is 0.638. The number of benzene rings is 1. The molecule has 1 aromatic rings. The van der Waals surface area contributed by atoms with Crippen LogP contribution < -0.4 is 0 Å².